The minimum Gasteiger partial charge on any atom is -0.380 e. The molecule has 1 fully saturated rings. The molecule has 1 unspecified atom stereocenters. The third-order valence-electron chi connectivity index (χ3n) is 3.30. The molecular formula is C13H19BrN2O. The molecule has 1 saturated heterocycles. The molecule has 3 nitrogen and oxygen atoms in total. The minimum atomic E-state index is 0.352. The van der Waals surface area contributed by atoms with Gasteiger partial charge in [0.1, 0.15) is 0 Å². The molecule has 17 heavy (non-hydrogen) atoms. The average Bonchev–Trinajstić information content (AvgIpc) is 2.38. The molecule has 0 amide bonds. The molecule has 0 radical (unpaired) electrons. The van der Waals surface area contributed by atoms with Crippen LogP contribution in [-0.2, 0) is 11.3 Å². The Morgan fingerprint density at radius 2 is 2.35 bits per heavy atom. The fraction of sp³-hybridized carbons (Fsp3) is 0.538. The third kappa shape index (κ3) is 3.00. The second kappa shape index (κ2) is 5.85. The molecular weight excluding hydrogens is 280 g/mol. The molecule has 1 aromatic rings. The quantitative estimate of drug-likeness (QED) is 0.932. The number of hydrogen-bond acceptors (Lipinski definition) is 3. The normalized spacial score (nSPS) is 20.6. The number of nitrogens with zero attached hydrogens (tertiary/aromatic N) is 1. The lowest BCUT2D eigenvalue weighted by molar-refractivity contribution is 0.0893. The molecule has 2 N–H and O–H groups in total. The zero-order valence-electron chi connectivity index (χ0n) is 10.2. The summed E-state index contributed by atoms with van der Waals surface area (Å²) in [7, 11) is 1.79. The number of benzene rings is 1. The largest absolute Gasteiger partial charge is 0.380 e. The Labute approximate surface area is 111 Å². The molecule has 0 aliphatic carbocycles. The third-order valence-corrected chi connectivity index (χ3v) is 3.94. The van der Waals surface area contributed by atoms with Gasteiger partial charge in [0.25, 0.3) is 0 Å². The summed E-state index contributed by atoms with van der Waals surface area (Å²) in [5.74, 6) is 0. The van der Waals surface area contributed by atoms with Crippen LogP contribution in [0, 0.1) is 0 Å². The molecule has 0 saturated carbocycles. The number of ether oxygens (including phenoxy) is 1. The molecule has 2 rings (SSSR count). The van der Waals surface area contributed by atoms with Gasteiger partial charge in [0.2, 0.25) is 0 Å². The summed E-state index contributed by atoms with van der Waals surface area (Å²) in [6, 6.07) is 6.34. The number of nitrogens with two attached hydrogens (primary N) is 1. The summed E-state index contributed by atoms with van der Waals surface area (Å²) >= 11 is 3.63. The number of piperidine rings is 1. The monoisotopic (exact) mass is 298 g/mol. The van der Waals surface area contributed by atoms with Crippen molar-refractivity contribution in [3.05, 3.63) is 28.2 Å². The predicted molar refractivity (Wildman–Crippen MR) is 74.3 cm³/mol. The van der Waals surface area contributed by atoms with Gasteiger partial charge >= 0.3 is 0 Å². The number of rotatable bonds is 3. The number of halogens is 1. The first-order valence-corrected chi connectivity index (χ1v) is 6.80. The van der Waals surface area contributed by atoms with Crippen molar-refractivity contribution in [2.75, 3.05) is 25.1 Å². The lowest BCUT2D eigenvalue weighted by atomic mass is 10.1. The van der Waals surface area contributed by atoms with Gasteiger partial charge in [-0.05, 0) is 46.5 Å². The Balaban J connectivity index is 2.16. The van der Waals surface area contributed by atoms with Gasteiger partial charge in [0.15, 0.2) is 0 Å². The predicted octanol–water partition coefficient (Wildman–Crippen LogP) is 2.52. The first kappa shape index (κ1) is 12.9. The van der Waals surface area contributed by atoms with E-state index in [1.165, 1.54) is 12.1 Å². The Morgan fingerprint density at radius 1 is 1.53 bits per heavy atom. The highest BCUT2D eigenvalue weighted by atomic mass is 79.9. The molecule has 1 atom stereocenters. The van der Waals surface area contributed by atoms with Crippen LogP contribution in [0.3, 0.4) is 0 Å². The summed E-state index contributed by atoms with van der Waals surface area (Å²) in [5, 5.41) is 0. The maximum Gasteiger partial charge on any atom is 0.0746 e. The van der Waals surface area contributed by atoms with Crippen LogP contribution >= 0.6 is 15.9 Å². The lowest BCUT2D eigenvalue weighted by Crippen LogP contribution is -2.39. The van der Waals surface area contributed by atoms with Crippen LogP contribution in [0.1, 0.15) is 18.4 Å². The first-order chi connectivity index (χ1) is 8.24. The minimum absolute atomic E-state index is 0.352. The summed E-state index contributed by atoms with van der Waals surface area (Å²) in [6.45, 7) is 2.65. The van der Waals surface area contributed by atoms with Gasteiger partial charge in [0.05, 0.1) is 11.8 Å². The highest BCUT2D eigenvalue weighted by Gasteiger charge is 2.20. The Hall–Kier alpha value is -0.580. The molecule has 94 valence electrons. The Kier molecular flexibility index (Phi) is 4.42. The molecule has 0 aromatic heterocycles. The maximum atomic E-state index is 5.64. The Morgan fingerprint density at radius 3 is 3.00 bits per heavy atom. The van der Waals surface area contributed by atoms with Gasteiger partial charge in [-0.2, -0.15) is 0 Å². The maximum absolute atomic E-state index is 5.64. The van der Waals surface area contributed by atoms with E-state index in [9.17, 15) is 0 Å². The molecule has 1 aliphatic heterocycles. The average molecular weight is 299 g/mol. The van der Waals surface area contributed by atoms with Crippen LogP contribution in [0.4, 0.5) is 5.69 Å². The van der Waals surface area contributed by atoms with Gasteiger partial charge in [-0.15, -0.1) is 0 Å². The zero-order valence-corrected chi connectivity index (χ0v) is 11.7. The number of hydrogen-bond donors (Lipinski definition) is 1. The highest BCUT2D eigenvalue weighted by molar-refractivity contribution is 9.10. The van der Waals surface area contributed by atoms with E-state index >= 15 is 0 Å². The topological polar surface area (TPSA) is 38.5 Å². The van der Waals surface area contributed by atoms with E-state index in [4.69, 9.17) is 10.5 Å². The van der Waals surface area contributed by atoms with Gasteiger partial charge in [-0.3, -0.25) is 0 Å². The fourth-order valence-electron chi connectivity index (χ4n) is 2.28. The van der Waals surface area contributed by atoms with E-state index in [1.807, 2.05) is 0 Å². The fourth-order valence-corrected chi connectivity index (χ4v) is 2.96. The van der Waals surface area contributed by atoms with Crippen molar-refractivity contribution in [1.29, 1.82) is 0 Å². The second-order valence-electron chi connectivity index (χ2n) is 4.44. The Bertz CT molecular complexity index is 384. The van der Waals surface area contributed by atoms with Crippen LogP contribution < -0.4 is 10.6 Å². The van der Waals surface area contributed by atoms with E-state index in [2.05, 4.69) is 39.0 Å². The molecule has 1 heterocycles. The van der Waals surface area contributed by atoms with Crippen LogP contribution in [0.25, 0.3) is 0 Å². The van der Waals surface area contributed by atoms with Crippen molar-refractivity contribution in [2.45, 2.75) is 25.5 Å². The first-order valence-electron chi connectivity index (χ1n) is 6.01. The van der Waals surface area contributed by atoms with Crippen LogP contribution in [0.2, 0.25) is 0 Å². The van der Waals surface area contributed by atoms with Crippen molar-refractivity contribution >= 4 is 21.6 Å². The number of methoxy groups -OCH3 is 1. The van der Waals surface area contributed by atoms with Crippen molar-refractivity contribution < 1.29 is 4.74 Å². The summed E-state index contributed by atoms with van der Waals surface area (Å²) in [4.78, 5) is 2.38. The van der Waals surface area contributed by atoms with E-state index in [1.54, 1.807) is 7.11 Å². The van der Waals surface area contributed by atoms with E-state index in [-0.39, 0.29) is 0 Å². The van der Waals surface area contributed by atoms with Crippen LogP contribution in [0.5, 0.6) is 0 Å². The molecule has 0 bridgehead atoms. The zero-order chi connectivity index (χ0) is 12.3. The lowest BCUT2D eigenvalue weighted by Gasteiger charge is -2.34. The van der Waals surface area contributed by atoms with Crippen LogP contribution in [-0.4, -0.2) is 26.3 Å². The van der Waals surface area contributed by atoms with Gasteiger partial charge < -0.3 is 15.4 Å². The smallest absolute Gasteiger partial charge is 0.0746 e. The van der Waals surface area contributed by atoms with Crippen molar-refractivity contribution in [3.8, 4) is 0 Å². The van der Waals surface area contributed by atoms with Crippen molar-refractivity contribution in [2.24, 2.45) is 5.73 Å². The summed E-state index contributed by atoms with van der Waals surface area (Å²) in [6.07, 6.45) is 2.69. The van der Waals surface area contributed by atoms with E-state index < -0.39 is 0 Å². The summed E-state index contributed by atoms with van der Waals surface area (Å²) in [5.41, 5.74) is 8.03. The molecule has 0 spiro atoms. The second-order valence-corrected chi connectivity index (χ2v) is 5.29. The number of anilines is 1. The molecule has 1 aromatic carbocycles. The van der Waals surface area contributed by atoms with Crippen LogP contribution in [0.15, 0.2) is 22.7 Å². The van der Waals surface area contributed by atoms with E-state index in [0.717, 1.165) is 29.5 Å². The standard InChI is InChI=1S/C13H19BrN2O/c1-17-11-3-2-6-16(9-11)13-5-4-10(8-15)7-12(13)14/h4-5,7,11H,2-3,6,8-9,15H2,1H3. The van der Waals surface area contributed by atoms with Crippen molar-refractivity contribution in [3.63, 3.8) is 0 Å². The van der Waals surface area contributed by atoms with E-state index in [0.29, 0.717) is 12.6 Å². The summed E-state index contributed by atoms with van der Waals surface area (Å²) < 4.78 is 6.57. The van der Waals surface area contributed by atoms with Crippen molar-refractivity contribution in [1.82, 2.24) is 0 Å². The van der Waals surface area contributed by atoms with Gasteiger partial charge in [0, 0.05) is 31.2 Å². The SMILES string of the molecule is COC1CCCN(c2ccc(CN)cc2Br)C1. The van der Waals surface area contributed by atoms with Gasteiger partial charge in [-0.1, -0.05) is 6.07 Å². The van der Waals surface area contributed by atoms with Gasteiger partial charge in [-0.25, -0.2) is 0 Å². The highest BCUT2D eigenvalue weighted by Crippen LogP contribution is 2.29. The molecule has 1 aliphatic rings. The molecule has 4 heteroatoms.